The number of nitrogens with one attached hydrogen (secondary N) is 1. The molecule has 0 unspecified atom stereocenters. The van der Waals surface area contributed by atoms with Crippen LogP contribution < -0.4 is 11.1 Å². The summed E-state index contributed by atoms with van der Waals surface area (Å²) in [7, 11) is 1.60. The van der Waals surface area contributed by atoms with Crippen LogP contribution in [0.25, 0.3) is 0 Å². The Labute approximate surface area is 112 Å². The fourth-order valence-corrected chi connectivity index (χ4v) is 1.67. The summed E-state index contributed by atoms with van der Waals surface area (Å²) in [5, 5.41) is 3.21. The van der Waals surface area contributed by atoms with Gasteiger partial charge in [0.2, 0.25) is 0 Å². The number of pyridine rings is 1. The number of ether oxygens (including phenoxy) is 1. The number of hydrogen-bond acceptors (Lipinski definition) is 6. The van der Waals surface area contributed by atoms with Gasteiger partial charge in [-0.1, -0.05) is 0 Å². The van der Waals surface area contributed by atoms with E-state index in [-0.39, 0.29) is 0 Å². The average Bonchev–Trinajstić information content (AvgIpc) is 2.37. The van der Waals surface area contributed by atoms with Gasteiger partial charge in [0.05, 0.1) is 0 Å². The Morgan fingerprint density at radius 2 is 2.21 bits per heavy atom. The van der Waals surface area contributed by atoms with Crippen molar-refractivity contribution in [2.24, 2.45) is 0 Å². The predicted molar refractivity (Wildman–Crippen MR) is 73.5 cm³/mol. The number of nitrogens with two attached hydrogens (primary N) is 1. The van der Waals surface area contributed by atoms with Crippen LogP contribution in [-0.4, -0.2) is 22.1 Å². The van der Waals surface area contributed by atoms with Gasteiger partial charge in [-0.15, -0.1) is 0 Å². The minimum atomic E-state index is 0.339. The number of anilines is 2. The summed E-state index contributed by atoms with van der Waals surface area (Å²) in [6, 6.07) is 3.67. The fourth-order valence-electron chi connectivity index (χ4n) is 1.67. The molecule has 0 aromatic carbocycles. The number of nitrogens with zero attached hydrogens (tertiary/aromatic N) is 3. The maximum Gasteiger partial charge on any atom is 0.158 e. The number of nitrogen functional groups attached to an aromatic ring is 1. The van der Waals surface area contributed by atoms with Crippen LogP contribution in [0.1, 0.15) is 17.0 Å². The van der Waals surface area contributed by atoms with Crippen molar-refractivity contribution in [1.29, 1.82) is 0 Å². The normalized spacial score (nSPS) is 10.4. The van der Waals surface area contributed by atoms with Gasteiger partial charge in [0.1, 0.15) is 18.2 Å². The molecule has 2 aromatic rings. The molecule has 0 amide bonds. The van der Waals surface area contributed by atoms with Crippen LogP contribution in [0.2, 0.25) is 0 Å². The Balaban J connectivity index is 2.09. The Hall–Kier alpha value is -2.21. The summed E-state index contributed by atoms with van der Waals surface area (Å²) in [4.78, 5) is 12.5. The van der Waals surface area contributed by atoms with E-state index in [0.717, 1.165) is 5.56 Å². The Morgan fingerprint density at radius 3 is 2.95 bits per heavy atom. The molecular weight excluding hydrogens is 242 g/mol. The highest BCUT2D eigenvalue weighted by atomic mass is 16.5. The third kappa shape index (κ3) is 3.62. The molecule has 0 saturated carbocycles. The van der Waals surface area contributed by atoms with Crippen LogP contribution in [0, 0.1) is 6.92 Å². The van der Waals surface area contributed by atoms with E-state index in [1.54, 1.807) is 19.4 Å². The molecule has 0 aliphatic heterocycles. The zero-order chi connectivity index (χ0) is 13.7. The first-order valence-electron chi connectivity index (χ1n) is 5.95. The number of methoxy groups -OCH3 is 1. The third-order valence-electron chi connectivity index (χ3n) is 2.67. The van der Waals surface area contributed by atoms with Gasteiger partial charge in [-0.25, -0.2) is 9.97 Å². The highest BCUT2D eigenvalue weighted by Crippen LogP contribution is 2.12. The van der Waals surface area contributed by atoms with Gasteiger partial charge in [-0.05, 0) is 24.1 Å². The highest BCUT2D eigenvalue weighted by molar-refractivity contribution is 5.45. The second-order valence-electron chi connectivity index (χ2n) is 4.18. The average molecular weight is 259 g/mol. The second kappa shape index (κ2) is 6.10. The first-order chi connectivity index (χ1) is 9.19. The summed E-state index contributed by atoms with van der Waals surface area (Å²) in [5.41, 5.74) is 8.03. The van der Waals surface area contributed by atoms with E-state index in [1.165, 1.54) is 5.56 Å². The summed E-state index contributed by atoms with van der Waals surface area (Å²) in [6.45, 7) is 3.03. The Morgan fingerprint density at radius 1 is 1.37 bits per heavy atom. The summed E-state index contributed by atoms with van der Waals surface area (Å²) >= 11 is 0. The summed E-state index contributed by atoms with van der Waals surface area (Å²) in [6.07, 6.45) is 3.61. The van der Waals surface area contributed by atoms with Gasteiger partial charge in [0.25, 0.3) is 0 Å². The van der Waals surface area contributed by atoms with Crippen molar-refractivity contribution in [2.75, 3.05) is 18.2 Å². The van der Waals surface area contributed by atoms with Crippen LogP contribution >= 0.6 is 0 Å². The zero-order valence-corrected chi connectivity index (χ0v) is 11.1. The number of aromatic nitrogens is 3. The van der Waals surface area contributed by atoms with Crippen molar-refractivity contribution in [3.05, 3.63) is 41.5 Å². The lowest BCUT2D eigenvalue weighted by Gasteiger charge is -2.09. The smallest absolute Gasteiger partial charge is 0.158 e. The Kier molecular flexibility index (Phi) is 4.25. The predicted octanol–water partition coefficient (Wildman–Crippen LogP) is 1.52. The molecule has 6 heteroatoms. The molecule has 2 heterocycles. The molecular formula is C13H17N5O. The minimum Gasteiger partial charge on any atom is -0.384 e. The number of hydrogen-bond donors (Lipinski definition) is 2. The van der Waals surface area contributed by atoms with E-state index in [2.05, 4.69) is 20.3 Å². The van der Waals surface area contributed by atoms with Gasteiger partial charge in [-0.2, -0.15) is 0 Å². The minimum absolute atomic E-state index is 0.339. The van der Waals surface area contributed by atoms with Gasteiger partial charge >= 0.3 is 0 Å². The molecule has 0 radical (unpaired) electrons. The van der Waals surface area contributed by atoms with Crippen molar-refractivity contribution in [2.45, 2.75) is 20.1 Å². The maximum atomic E-state index is 5.73. The molecule has 2 aromatic heterocycles. The van der Waals surface area contributed by atoms with Crippen LogP contribution in [0.15, 0.2) is 24.5 Å². The van der Waals surface area contributed by atoms with Crippen LogP contribution in [0.4, 0.5) is 11.6 Å². The largest absolute Gasteiger partial charge is 0.384 e. The van der Waals surface area contributed by atoms with E-state index in [0.29, 0.717) is 30.6 Å². The Bertz CT molecular complexity index is 558. The molecule has 0 spiro atoms. The number of aryl methyl sites for hydroxylation is 1. The second-order valence-corrected chi connectivity index (χ2v) is 4.18. The lowest BCUT2D eigenvalue weighted by atomic mass is 10.1. The van der Waals surface area contributed by atoms with Crippen molar-refractivity contribution in [1.82, 2.24) is 15.0 Å². The lowest BCUT2D eigenvalue weighted by Crippen LogP contribution is -2.08. The van der Waals surface area contributed by atoms with E-state index in [4.69, 9.17) is 10.5 Å². The van der Waals surface area contributed by atoms with Gasteiger partial charge in [0.15, 0.2) is 5.82 Å². The fraction of sp³-hybridized carbons (Fsp3) is 0.308. The van der Waals surface area contributed by atoms with Gasteiger partial charge in [-0.3, -0.25) is 4.98 Å². The summed E-state index contributed by atoms with van der Waals surface area (Å²) < 4.78 is 5.00. The maximum absolute atomic E-state index is 5.73. The van der Waals surface area contributed by atoms with E-state index >= 15 is 0 Å². The first kappa shape index (κ1) is 13.2. The first-order valence-corrected chi connectivity index (χ1v) is 5.95. The molecule has 0 bridgehead atoms. The molecule has 19 heavy (non-hydrogen) atoms. The summed E-state index contributed by atoms with van der Waals surface area (Å²) in [5.74, 6) is 1.67. The van der Waals surface area contributed by atoms with Gasteiger partial charge in [0, 0.05) is 32.1 Å². The van der Waals surface area contributed by atoms with Crippen molar-refractivity contribution < 1.29 is 4.74 Å². The molecule has 0 saturated heterocycles. The number of rotatable bonds is 5. The van der Waals surface area contributed by atoms with Crippen molar-refractivity contribution >= 4 is 11.6 Å². The van der Waals surface area contributed by atoms with E-state index in [1.807, 2.05) is 19.2 Å². The molecule has 0 atom stereocenters. The highest BCUT2D eigenvalue weighted by Gasteiger charge is 2.03. The molecule has 3 N–H and O–H groups in total. The van der Waals surface area contributed by atoms with Crippen LogP contribution in [0.3, 0.4) is 0 Å². The van der Waals surface area contributed by atoms with Crippen LogP contribution in [0.5, 0.6) is 0 Å². The zero-order valence-electron chi connectivity index (χ0n) is 11.1. The van der Waals surface area contributed by atoms with Crippen LogP contribution in [-0.2, 0) is 17.9 Å². The molecule has 6 nitrogen and oxygen atoms in total. The monoisotopic (exact) mass is 259 g/mol. The standard InChI is InChI=1S/C13H17N5O/c1-9-3-4-15-6-10(9)7-16-12-5-11(14)17-13(18-12)8-19-2/h3-6H,7-8H2,1-2H3,(H3,14,16,17,18). The van der Waals surface area contributed by atoms with E-state index < -0.39 is 0 Å². The molecule has 100 valence electrons. The van der Waals surface area contributed by atoms with Crippen molar-refractivity contribution in [3.63, 3.8) is 0 Å². The molecule has 0 fully saturated rings. The third-order valence-corrected chi connectivity index (χ3v) is 2.67. The van der Waals surface area contributed by atoms with Gasteiger partial charge < -0.3 is 15.8 Å². The van der Waals surface area contributed by atoms with E-state index in [9.17, 15) is 0 Å². The lowest BCUT2D eigenvalue weighted by molar-refractivity contribution is 0.178. The SMILES string of the molecule is COCc1nc(N)cc(NCc2cnccc2C)n1. The van der Waals surface area contributed by atoms with Crippen molar-refractivity contribution in [3.8, 4) is 0 Å². The molecule has 2 rings (SSSR count). The topological polar surface area (TPSA) is 86.0 Å². The molecule has 0 aliphatic carbocycles. The molecule has 0 aliphatic rings. The quantitative estimate of drug-likeness (QED) is 0.846.